The molecule has 0 aliphatic rings. The van der Waals surface area contributed by atoms with Crippen molar-refractivity contribution in [1.29, 1.82) is 5.41 Å². The minimum Gasteiger partial charge on any atom is -0.384 e. The van der Waals surface area contributed by atoms with Crippen LogP contribution in [0.2, 0.25) is 0 Å². The molecule has 3 heteroatoms. The summed E-state index contributed by atoms with van der Waals surface area (Å²) in [4.78, 5) is 2.04. The molecular weight excluding hydrogens is 222 g/mol. The van der Waals surface area contributed by atoms with Crippen LogP contribution < -0.4 is 10.6 Å². The van der Waals surface area contributed by atoms with Crippen molar-refractivity contribution in [3.05, 3.63) is 59.7 Å². The zero-order valence-electron chi connectivity index (χ0n) is 10.6. The molecule has 2 aromatic rings. The number of benzene rings is 2. The Balaban J connectivity index is 2.42. The highest BCUT2D eigenvalue weighted by Gasteiger charge is 2.10. The minimum absolute atomic E-state index is 0.0876. The molecule has 92 valence electrons. The summed E-state index contributed by atoms with van der Waals surface area (Å²) in [7, 11) is 1.98. The Morgan fingerprint density at radius 3 is 2.28 bits per heavy atom. The van der Waals surface area contributed by atoms with Crippen LogP contribution in [0.15, 0.2) is 48.5 Å². The Kier molecular flexibility index (Phi) is 3.33. The molecule has 0 saturated carbocycles. The molecule has 3 N–H and O–H groups in total. The third kappa shape index (κ3) is 2.35. The van der Waals surface area contributed by atoms with E-state index in [1.165, 1.54) is 5.56 Å². The molecule has 2 rings (SSSR count). The van der Waals surface area contributed by atoms with Crippen molar-refractivity contribution in [2.24, 2.45) is 5.73 Å². The fourth-order valence-electron chi connectivity index (χ4n) is 1.90. The predicted octanol–water partition coefficient (Wildman–Crippen LogP) is 3.05. The van der Waals surface area contributed by atoms with Crippen molar-refractivity contribution < 1.29 is 0 Å². The van der Waals surface area contributed by atoms with Gasteiger partial charge in [-0.15, -0.1) is 0 Å². The van der Waals surface area contributed by atoms with E-state index in [4.69, 9.17) is 11.1 Å². The van der Waals surface area contributed by atoms with E-state index in [2.05, 4.69) is 31.2 Å². The van der Waals surface area contributed by atoms with Crippen LogP contribution >= 0.6 is 0 Å². The third-order valence-corrected chi connectivity index (χ3v) is 2.98. The summed E-state index contributed by atoms with van der Waals surface area (Å²) in [6, 6.07) is 15.9. The summed E-state index contributed by atoms with van der Waals surface area (Å²) >= 11 is 0. The molecular formula is C15H17N3. The van der Waals surface area contributed by atoms with Gasteiger partial charge in [-0.1, -0.05) is 29.8 Å². The van der Waals surface area contributed by atoms with Crippen molar-refractivity contribution in [1.82, 2.24) is 0 Å². The van der Waals surface area contributed by atoms with Gasteiger partial charge in [0.2, 0.25) is 0 Å². The number of nitrogens with two attached hydrogens (primary N) is 1. The first-order chi connectivity index (χ1) is 8.59. The van der Waals surface area contributed by atoms with Gasteiger partial charge in [0.15, 0.2) is 0 Å². The SMILES string of the molecule is Cc1ccc(N(C)c2ccccc2C(=N)N)cc1. The summed E-state index contributed by atoms with van der Waals surface area (Å²) in [5.74, 6) is 0.0876. The molecule has 3 nitrogen and oxygen atoms in total. The molecule has 0 heterocycles. The van der Waals surface area contributed by atoms with Crippen LogP contribution in [0.3, 0.4) is 0 Å². The number of nitrogen functional groups attached to an aromatic ring is 1. The van der Waals surface area contributed by atoms with Crippen LogP contribution in [-0.4, -0.2) is 12.9 Å². The number of para-hydroxylation sites is 1. The lowest BCUT2D eigenvalue weighted by Crippen LogP contribution is -2.18. The van der Waals surface area contributed by atoms with Crippen molar-refractivity contribution in [2.45, 2.75) is 6.92 Å². The predicted molar refractivity (Wildman–Crippen MR) is 76.7 cm³/mol. The van der Waals surface area contributed by atoms with E-state index < -0.39 is 0 Å². The van der Waals surface area contributed by atoms with Crippen LogP contribution in [0.25, 0.3) is 0 Å². The molecule has 18 heavy (non-hydrogen) atoms. The number of anilines is 2. The van der Waals surface area contributed by atoms with Crippen LogP contribution in [0, 0.1) is 12.3 Å². The lowest BCUT2D eigenvalue weighted by Gasteiger charge is -2.22. The molecule has 0 aliphatic heterocycles. The van der Waals surface area contributed by atoms with Crippen LogP contribution in [-0.2, 0) is 0 Å². The highest BCUT2D eigenvalue weighted by atomic mass is 15.1. The molecule has 0 atom stereocenters. The maximum absolute atomic E-state index is 7.62. The number of nitrogens with one attached hydrogen (secondary N) is 1. The molecule has 0 spiro atoms. The van der Waals surface area contributed by atoms with E-state index in [-0.39, 0.29) is 5.84 Å². The average Bonchev–Trinajstić information content (AvgIpc) is 2.39. The van der Waals surface area contributed by atoms with Crippen LogP contribution in [0.5, 0.6) is 0 Å². The largest absolute Gasteiger partial charge is 0.384 e. The average molecular weight is 239 g/mol. The lowest BCUT2D eigenvalue weighted by molar-refractivity contribution is 1.19. The smallest absolute Gasteiger partial charge is 0.124 e. The van der Waals surface area contributed by atoms with E-state index in [0.29, 0.717) is 0 Å². The van der Waals surface area contributed by atoms with Crippen molar-refractivity contribution in [3.63, 3.8) is 0 Å². The van der Waals surface area contributed by atoms with Gasteiger partial charge >= 0.3 is 0 Å². The van der Waals surface area contributed by atoms with Gasteiger partial charge in [-0.3, -0.25) is 5.41 Å². The summed E-state index contributed by atoms with van der Waals surface area (Å²) in [6.45, 7) is 2.06. The molecule has 0 unspecified atom stereocenters. The topological polar surface area (TPSA) is 53.1 Å². The molecule has 0 radical (unpaired) electrons. The van der Waals surface area contributed by atoms with E-state index >= 15 is 0 Å². The first-order valence-corrected chi connectivity index (χ1v) is 5.83. The summed E-state index contributed by atoms with van der Waals surface area (Å²) in [5, 5.41) is 7.62. The summed E-state index contributed by atoms with van der Waals surface area (Å²) < 4.78 is 0. The molecule has 0 aliphatic carbocycles. The summed E-state index contributed by atoms with van der Waals surface area (Å²) in [6.07, 6.45) is 0. The number of aryl methyl sites for hydroxylation is 1. The van der Waals surface area contributed by atoms with Gasteiger partial charge < -0.3 is 10.6 Å². The molecule has 0 fully saturated rings. The van der Waals surface area contributed by atoms with E-state index in [9.17, 15) is 0 Å². The lowest BCUT2D eigenvalue weighted by atomic mass is 10.1. The van der Waals surface area contributed by atoms with Gasteiger partial charge in [-0.2, -0.15) is 0 Å². The van der Waals surface area contributed by atoms with Gasteiger partial charge in [-0.25, -0.2) is 0 Å². The Morgan fingerprint density at radius 1 is 1.06 bits per heavy atom. The monoisotopic (exact) mass is 239 g/mol. The van der Waals surface area contributed by atoms with Crippen molar-refractivity contribution >= 4 is 17.2 Å². The zero-order valence-corrected chi connectivity index (χ0v) is 10.6. The highest BCUT2D eigenvalue weighted by Crippen LogP contribution is 2.26. The van der Waals surface area contributed by atoms with Gasteiger partial charge in [0, 0.05) is 18.3 Å². The second-order valence-electron chi connectivity index (χ2n) is 4.33. The fraction of sp³-hybridized carbons (Fsp3) is 0.133. The van der Waals surface area contributed by atoms with Gasteiger partial charge in [0.25, 0.3) is 0 Å². The Morgan fingerprint density at radius 2 is 1.67 bits per heavy atom. The van der Waals surface area contributed by atoms with Crippen LogP contribution in [0.4, 0.5) is 11.4 Å². The molecule has 0 aromatic heterocycles. The number of hydrogen-bond acceptors (Lipinski definition) is 2. The second-order valence-corrected chi connectivity index (χ2v) is 4.33. The number of rotatable bonds is 3. The Hall–Kier alpha value is -2.29. The standard InChI is InChI=1S/C15H17N3/c1-11-7-9-12(10-8-11)18(2)14-6-4-3-5-13(14)15(16)17/h3-10H,1-2H3,(H3,16,17). The number of nitrogens with zero attached hydrogens (tertiary/aromatic N) is 1. The minimum atomic E-state index is 0.0876. The first-order valence-electron chi connectivity index (χ1n) is 5.83. The number of amidine groups is 1. The highest BCUT2D eigenvalue weighted by molar-refractivity contribution is 6.01. The van der Waals surface area contributed by atoms with E-state index in [0.717, 1.165) is 16.9 Å². The Bertz CT molecular complexity index is 558. The maximum atomic E-state index is 7.62. The molecule has 0 saturated heterocycles. The molecule has 2 aromatic carbocycles. The van der Waals surface area contributed by atoms with Gasteiger partial charge in [-0.05, 0) is 31.2 Å². The van der Waals surface area contributed by atoms with Gasteiger partial charge in [0.05, 0.1) is 5.69 Å². The molecule has 0 bridgehead atoms. The van der Waals surface area contributed by atoms with E-state index in [1.807, 2.05) is 36.2 Å². The summed E-state index contributed by atoms with van der Waals surface area (Å²) in [5.41, 5.74) is 9.61. The normalized spacial score (nSPS) is 10.1. The van der Waals surface area contributed by atoms with Crippen molar-refractivity contribution in [2.75, 3.05) is 11.9 Å². The molecule has 0 amide bonds. The van der Waals surface area contributed by atoms with Crippen LogP contribution in [0.1, 0.15) is 11.1 Å². The zero-order chi connectivity index (χ0) is 13.1. The quantitative estimate of drug-likeness (QED) is 0.639. The maximum Gasteiger partial charge on any atom is 0.124 e. The van der Waals surface area contributed by atoms with Gasteiger partial charge in [0.1, 0.15) is 5.84 Å². The third-order valence-electron chi connectivity index (χ3n) is 2.98. The number of hydrogen-bond donors (Lipinski definition) is 2. The first kappa shape index (κ1) is 12.2. The van der Waals surface area contributed by atoms with Crippen molar-refractivity contribution in [3.8, 4) is 0 Å². The fourth-order valence-corrected chi connectivity index (χ4v) is 1.90. The second kappa shape index (κ2) is 4.92. The van der Waals surface area contributed by atoms with E-state index in [1.54, 1.807) is 0 Å². The Labute approximate surface area is 107 Å².